The van der Waals surface area contributed by atoms with E-state index in [4.69, 9.17) is 9.15 Å². The van der Waals surface area contributed by atoms with Crippen LogP contribution in [0.25, 0.3) is 0 Å². The van der Waals surface area contributed by atoms with E-state index in [1.165, 1.54) is 0 Å². The first kappa shape index (κ1) is 12.6. The van der Waals surface area contributed by atoms with E-state index in [-0.39, 0.29) is 12.0 Å². The minimum Gasteiger partial charge on any atom is -0.465 e. The van der Waals surface area contributed by atoms with Crippen LogP contribution in [0.5, 0.6) is 0 Å². The number of aliphatic hydroxyl groups is 1. The van der Waals surface area contributed by atoms with E-state index in [0.717, 1.165) is 37.6 Å². The Kier molecular flexibility index (Phi) is 3.86. The normalized spacial score (nSPS) is 24.7. The summed E-state index contributed by atoms with van der Waals surface area (Å²) in [6.45, 7) is 5.16. The molecule has 0 bridgehead atoms. The number of aryl methyl sites for hydroxylation is 1. The fourth-order valence-corrected chi connectivity index (χ4v) is 2.41. The van der Waals surface area contributed by atoms with Gasteiger partial charge in [0, 0.05) is 18.6 Å². The van der Waals surface area contributed by atoms with Gasteiger partial charge in [0.05, 0.1) is 19.8 Å². The van der Waals surface area contributed by atoms with Crippen molar-refractivity contribution >= 4 is 0 Å². The summed E-state index contributed by atoms with van der Waals surface area (Å²) in [5, 5.41) is 9.51. The van der Waals surface area contributed by atoms with Gasteiger partial charge in [-0.05, 0) is 32.5 Å². The second-order valence-electron chi connectivity index (χ2n) is 5.15. The van der Waals surface area contributed by atoms with Crippen LogP contribution >= 0.6 is 0 Å². The first-order chi connectivity index (χ1) is 8.13. The molecule has 4 nitrogen and oxygen atoms in total. The summed E-state index contributed by atoms with van der Waals surface area (Å²) in [5.74, 6) is 1.91. The van der Waals surface area contributed by atoms with E-state index >= 15 is 0 Å². The minimum absolute atomic E-state index is 0.0869. The summed E-state index contributed by atoms with van der Waals surface area (Å²) in [5.41, 5.74) is -0.0869. The molecule has 1 atom stereocenters. The fourth-order valence-electron chi connectivity index (χ4n) is 2.41. The molecular formula is C13H21NO3. The molecule has 1 unspecified atom stereocenters. The van der Waals surface area contributed by atoms with Gasteiger partial charge in [0.1, 0.15) is 11.5 Å². The van der Waals surface area contributed by atoms with Gasteiger partial charge in [0.2, 0.25) is 0 Å². The number of furan rings is 1. The highest BCUT2D eigenvalue weighted by atomic mass is 16.5. The average Bonchev–Trinajstić information content (AvgIpc) is 2.89. The van der Waals surface area contributed by atoms with Crippen LogP contribution in [0.15, 0.2) is 16.5 Å². The van der Waals surface area contributed by atoms with Crippen molar-refractivity contribution in [3.8, 4) is 0 Å². The number of nitrogens with zero attached hydrogens (tertiary/aromatic N) is 1. The Bertz CT molecular complexity index is 355. The predicted octanol–water partition coefficient (Wildman–Crippen LogP) is 1.42. The summed E-state index contributed by atoms with van der Waals surface area (Å²) in [6, 6.07) is 3.98. The van der Waals surface area contributed by atoms with E-state index in [2.05, 4.69) is 4.90 Å². The summed E-state index contributed by atoms with van der Waals surface area (Å²) in [4.78, 5) is 2.18. The van der Waals surface area contributed by atoms with Gasteiger partial charge in [-0.25, -0.2) is 0 Å². The molecule has 2 heterocycles. The predicted molar refractivity (Wildman–Crippen MR) is 64.7 cm³/mol. The van der Waals surface area contributed by atoms with Crippen LogP contribution < -0.4 is 0 Å². The highest BCUT2D eigenvalue weighted by molar-refractivity contribution is 5.05. The van der Waals surface area contributed by atoms with Crippen molar-refractivity contribution in [1.82, 2.24) is 4.90 Å². The van der Waals surface area contributed by atoms with Gasteiger partial charge in [-0.15, -0.1) is 0 Å². The molecule has 1 aliphatic heterocycles. The molecule has 0 aliphatic carbocycles. The second-order valence-corrected chi connectivity index (χ2v) is 5.15. The van der Waals surface area contributed by atoms with Gasteiger partial charge in [0.25, 0.3) is 0 Å². The van der Waals surface area contributed by atoms with Crippen LogP contribution in [0, 0.1) is 12.3 Å². The molecule has 1 N–H and O–H groups in total. The maximum Gasteiger partial charge on any atom is 0.118 e. The van der Waals surface area contributed by atoms with Crippen molar-refractivity contribution in [3.05, 3.63) is 23.7 Å². The molecular weight excluding hydrogens is 218 g/mol. The quantitative estimate of drug-likeness (QED) is 0.844. The van der Waals surface area contributed by atoms with Crippen LogP contribution in [0.1, 0.15) is 17.9 Å². The Balaban J connectivity index is 1.90. The first-order valence-corrected chi connectivity index (χ1v) is 6.06. The molecule has 1 saturated heterocycles. The third-order valence-corrected chi connectivity index (χ3v) is 3.35. The van der Waals surface area contributed by atoms with E-state index in [9.17, 15) is 5.11 Å². The smallest absolute Gasteiger partial charge is 0.118 e. The lowest BCUT2D eigenvalue weighted by molar-refractivity contribution is 0.0606. The van der Waals surface area contributed by atoms with E-state index < -0.39 is 0 Å². The number of ether oxygens (including phenoxy) is 1. The molecule has 4 heteroatoms. The van der Waals surface area contributed by atoms with Gasteiger partial charge in [-0.2, -0.15) is 0 Å². The molecule has 1 aromatic heterocycles. The molecule has 96 valence electrons. The van der Waals surface area contributed by atoms with E-state index in [1.54, 1.807) is 0 Å². The average molecular weight is 239 g/mol. The summed E-state index contributed by atoms with van der Waals surface area (Å²) < 4.78 is 10.9. The van der Waals surface area contributed by atoms with Crippen molar-refractivity contribution in [1.29, 1.82) is 0 Å². The molecule has 1 aromatic rings. The lowest BCUT2D eigenvalue weighted by atomic mass is 9.88. The molecule has 0 amide bonds. The van der Waals surface area contributed by atoms with Crippen molar-refractivity contribution in [2.24, 2.45) is 5.41 Å². The summed E-state index contributed by atoms with van der Waals surface area (Å²) >= 11 is 0. The lowest BCUT2D eigenvalue weighted by Gasteiger charge is -2.29. The Morgan fingerprint density at radius 1 is 1.47 bits per heavy atom. The summed E-state index contributed by atoms with van der Waals surface area (Å²) in [6.07, 6.45) is 0.936. The first-order valence-electron chi connectivity index (χ1n) is 6.06. The fraction of sp³-hybridized carbons (Fsp3) is 0.692. The Hall–Kier alpha value is -0.840. The Labute approximate surface area is 102 Å². The zero-order chi connectivity index (χ0) is 12.3. The van der Waals surface area contributed by atoms with Gasteiger partial charge in [-0.3, -0.25) is 4.90 Å². The molecule has 0 radical (unpaired) electrons. The molecule has 17 heavy (non-hydrogen) atoms. The largest absolute Gasteiger partial charge is 0.465 e. The third kappa shape index (κ3) is 3.09. The number of hydrogen-bond acceptors (Lipinski definition) is 4. The van der Waals surface area contributed by atoms with Crippen LogP contribution in [-0.4, -0.2) is 43.4 Å². The molecule has 2 rings (SSSR count). The van der Waals surface area contributed by atoms with Gasteiger partial charge >= 0.3 is 0 Å². The Morgan fingerprint density at radius 2 is 2.29 bits per heavy atom. The van der Waals surface area contributed by atoms with Crippen molar-refractivity contribution in [2.45, 2.75) is 19.9 Å². The van der Waals surface area contributed by atoms with Crippen LogP contribution in [0.2, 0.25) is 0 Å². The van der Waals surface area contributed by atoms with Crippen molar-refractivity contribution in [2.75, 3.05) is 33.4 Å². The van der Waals surface area contributed by atoms with Gasteiger partial charge < -0.3 is 14.3 Å². The monoisotopic (exact) mass is 239 g/mol. The maximum atomic E-state index is 9.51. The van der Waals surface area contributed by atoms with Crippen LogP contribution in [0.4, 0.5) is 0 Å². The molecule has 1 fully saturated rings. The highest BCUT2D eigenvalue weighted by Gasteiger charge is 2.35. The standard InChI is InChI=1S/C13H21NO3/c1-11-3-4-12(17-11)7-14(2)8-13(9-15)5-6-16-10-13/h3-4,15H,5-10H2,1-2H3. The Morgan fingerprint density at radius 3 is 2.82 bits per heavy atom. The zero-order valence-electron chi connectivity index (χ0n) is 10.6. The molecule has 0 spiro atoms. The maximum absolute atomic E-state index is 9.51. The van der Waals surface area contributed by atoms with E-state index in [0.29, 0.717) is 6.61 Å². The lowest BCUT2D eigenvalue weighted by Crippen LogP contribution is -2.38. The zero-order valence-corrected chi connectivity index (χ0v) is 10.6. The SMILES string of the molecule is Cc1ccc(CN(C)CC2(CO)CCOC2)o1. The number of rotatable bonds is 5. The van der Waals surface area contributed by atoms with Gasteiger partial charge in [-0.1, -0.05) is 0 Å². The highest BCUT2D eigenvalue weighted by Crippen LogP contribution is 2.29. The van der Waals surface area contributed by atoms with E-state index in [1.807, 2.05) is 26.1 Å². The number of aliphatic hydroxyl groups excluding tert-OH is 1. The van der Waals surface area contributed by atoms with Crippen molar-refractivity contribution < 1.29 is 14.3 Å². The number of hydrogen-bond donors (Lipinski definition) is 1. The summed E-state index contributed by atoms with van der Waals surface area (Å²) in [7, 11) is 2.05. The van der Waals surface area contributed by atoms with Crippen LogP contribution in [0.3, 0.4) is 0 Å². The molecule has 0 aromatic carbocycles. The topological polar surface area (TPSA) is 45.8 Å². The molecule has 0 saturated carbocycles. The van der Waals surface area contributed by atoms with Gasteiger partial charge in [0.15, 0.2) is 0 Å². The van der Waals surface area contributed by atoms with Crippen molar-refractivity contribution in [3.63, 3.8) is 0 Å². The third-order valence-electron chi connectivity index (χ3n) is 3.35. The molecule has 1 aliphatic rings. The second kappa shape index (κ2) is 5.21. The van der Waals surface area contributed by atoms with Crippen LogP contribution in [-0.2, 0) is 11.3 Å². The minimum atomic E-state index is -0.0869.